The van der Waals surface area contributed by atoms with Crippen LogP contribution in [0.15, 0.2) is 18.2 Å². The summed E-state index contributed by atoms with van der Waals surface area (Å²) in [6.07, 6.45) is 1.85. The number of amides is 1. The first-order valence-electron chi connectivity index (χ1n) is 6.66. The topological polar surface area (TPSA) is 52.6 Å². The summed E-state index contributed by atoms with van der Waals surface area (Å²) in [5.41, 5.74) is 0.649. The molecule has 2 N–H and O–H groups in total. The fourth-order valence-corrected chi connectivity index (χ4v) is 2.75. The molecule has 1 heterocycles. The Bertz CT molecular complexity index is 482. The maximum atomic E-state index is 12.0. The highest BCUT2D eigenvalue weighted by Gasteiger charge is 2.23. The maximum Gasteiger partial charge on any atom is 0.238 e. The van der Waals surface area contributed by atoms with E-state index in [-0.39, 0.29) is 12.5 Å². The van der Waals surface area contributed by atoms with Crippen LogP contribution in [0.4, 0.5) is 5.69 Å². The lowest BCUT2D eigenvalue weighted by Gasteiger charge is -2.15. The molecule has 0 aliphatic carbocycles. The summed E-state index contributed by atoms with van der Waals surface area (Å²) in [5.74, 6) is 0.436. The molecule has 1 atom stereocenters. The number of aliphatic hydroxyl groups excluding tert-OH is 1. The van der Waals surface area contributed by atoms with Crippen molar-refractivity contribution < 1.29 is 9.90 Å². The van der Waals surface area contributed by atoms with Crippen molar-refractivity contribution >= 4 is 34.8 Å². The molecule has 1 aliphatic heterocycles. The fourth-order valence-electron chi connectivity index (χ4n) is 2.45. The molecular formula is C14H18Cl2N2O2. The number of hydrogen-bond donors (Lipinski definition) is 2. The molecule has 20 heavy (non-hydrogen) atoms. The number of nitrogens with one attached hydrogen (secondary N) is 1. The third-order valence-electron chi connectivity index (χ3n) is 3.48. The van der Waals surface area contributed by atoms with E-state index in [9.17, 15) is 4.79 Å². The molecule has 1 unspecified atom stereocenters. The van der Waals surface area contributed by atoms with E-state index < -0.39 is 0 Å². The molecule has 0 aromatic heterocycles. The Morgan fingerprint density at radius 2 is 2.20 bits per heavy atom. The average molecular weight is 317 g/mol. The molecule has 1 aliphatic rings. The molecule has 1 aromatic carbocycles. The number of carbonyl (C=O) groups is 1. The van der Waals surface area contributed by atoms with Gasteiger partial charge in [0.2, 0.25) is 5.91 Å². The van der Waals surface area contributed by atoms with E-state index in [1.54, 1.807) is 18.2 Å². The van der Waals surface area contributed by atoms with Crippen LogP contribution < -0.4 is 5.32 Å². The highest BCUT2D eigenvalue weighted by molar-refractivity contribution is 6.42. The van der Waals surface area contributed by atoms with Crippen LogP contribution in [0.3, 0.4) is 0 Å². The smallest absolute Gasteiger partial charge is 0.238 e. The van der Waals surface area contributed by atoms with E-state index in [2.05, 4.69) is 10.2 Å². The molecule has 2 rings (SSSR count). The van der Waals surface area contributed by atoms with Gasteiger partial charge in [-0.1, -0.05) is 23.2 Å². The second kappa shape index (κ2) is 7.27. The second-order valence-electron chi connectivity index (χ2n) is 5.08. The minimum atomic E-state index is -0.0620. The summed E-state index contributed by atoms with van der Waals surface area (Å²) in [7, 11) is 0. The van der Waals surface area contributed by atoms with Gasteiger partial charge in [-0.25, -0.2) is 0 Å². The third kappa shape index (κ3) is 4.35. The van der Waals surface area contributed by atoms with Gasteiger partial charge in [0.25, 0.3) is 0 Å². The van der Waals surface area contributed by atoms with Crippen LogP contribution in [0.1, 0.15) is 12.8 Å². The van der Waals surface area contributed by atoms with E-state index in [1.807, 2.05) is 0 Å². The number of likely N-dealkylation sites (tertiary alicyclic amines) is 1. The first-order valence-corrected chi connectivity index (χ1v) is 7.42. The van der Waals surface area contributed by atoms with E-state index in [4.69, 9.17) is 28.3 Å². The molecule has 0 spiro atoms. The van der Waals surface area contributed by atoms with Crippen LogP contribution in [0.2, 0.25) is 10.0 Å². The van der Waals surface area contributed by atoms with E-state index in [0.717, 1.165) is 25.9 Å². The predicted molar refractivity (Wildman–Crippen MR) is 81.3 cm³/mol. The Balaban J connectivity index is 1.82. The molecular weight excluding hydrogens is 299 g/mol. The number of nitrogens with zero attached hydrogens (tertiary/aromatic N) is 1. The standard InChI is InChI=1S/C14H18Cl2N2O2/c15-12-2-1-11(7-13(12)16)17-14(20)9-18-5-3-10(8-18)4-6-19/h1-2,7,10,19H,3-6,8-9H2,(H,17,20). The SMILES string of the molecule is O=C(CN1CCC(CCO)C1)Nc1ccc(Cl)c(Cl)c1. The number of anilines is 1. The van der Waals surface area contributed by atoms with Crippen LogP contribution >= 0.6 is 23.2 Å². The quantitative estimate of drug-likeness (QED) is 0.878. The summed E-state index contributed by atoms with van der Waals surface area (Å²) in [4.78, 5) is 14.1. The maximum absolute atomic E-state index is 12.0. The first-order chi connectivity index (χ1) is 9.58. The minimum absolute atomic E-state index is 0.0620. The number of rotatable bonds is 5. The second-order valence-corrected chi connectivity index (χ2v) is 5.89. The van der Waals surface area contributed by atoms with Gasteiger partial charge >= 0.3 is 0 Å². The molecule has 0 saturated carbocycles. The van der Waals surface area contributed by atoms with Gasteiger partial charge in [-0.05, 0) is 43.5 Å². The molecule has 4 nitrogen and oxygen atoms in total. The Hall–Kier alpha value is -0.810. The van der Waals surface area contributed by atoms with Gasteiger partial charge in [0.15, 0.2) is 0 Å². The Morgan fingerprint density at radius 3 is 2.90 bits per heavy atom. The van der Waals surface area contributed by atoms with Crippen molar-refractivity contribution in [2.45, 2.75) is 12.8 Å². The molecule has 0 bridgehead atoms. The zero-order chi connectivity index (χ0) is 14.5. The fraction of sp³-hybridized carbons (Fsp3) is 0.500. The summed E-state index contributed by atoms with van der Waals surface area (Å²) in [6, 6.07) is 5.03. The largest absolute Gasteiger partial charge is 0.396 e. The van der Waals surface area contributed by atoms with E-state index >= 15 is 0 Å². The van der Waals surface area contributed by atoms with Crippen LogP contribution in [0.5, 0.6) is 0 Å². The molecule has 1 aromatic rings. The van der Waals surface area contributed by atoms with E-state index in [0.29, 0.717) is 28.2 Å². The monoisotopic (exact) mass is 316 g/mol. The van der Waals surface area contributed by atoms with Gasteiger partial charge in [0.05, 0.1) is 16.6 Å². The van der Waals surface area contributed by atoms with Crippen LogP contribution in [0.25, 0.3) is 0 Å². The zero-order valence-corrected chi connectivity index (χ0v) is 12.6. The minimum Gasteiger partial charge on any atom is -0.396 e. The van der Waals surface area contributed by atoms with Gasteiger partial charge in [-0.15, -0.1) is 0 Å². The normalized spacial score (nSPS) is 19.2. The van der Waals surface area contributed by atoms with Crippen molar-refractivity contribution in [3.05, 3.63) is 28.2 Å². The number of aliphatic hydroxyl groups is 1. The summed E-state index contributed by atoms with van der Waals surface area (Å²) >= 11 is 11.7. The summed E-state index contributed by atoms with van der Waals surface area (Å²) < 4.78 is 0. The van der Waals surface area contributed by atoms with Gasteiger partial charge in [0.1, 0.15) is 0 Å². The predicted octanol–water partition coefficient (Wildman–Crippen LogP) is 2.64. The van der Waals surface area contributed by atoms with Crippen molar-refractivity contribution in [2.75, 3.05) is 31.6 Å². The van der Waals surface area contributed by atoms with Crippen molar-refractivity contribution in [2.24, 2.45) is 5.92 Å². The first kappa shape index (κ1) is 15.6. The molecule has 1 saturated heterocycles. The molecule has 110 valence electrons. The highest BCUT2D eigenvalue weighted by atomic mass is 35.5. The number of halogens is 2. The highest BCUT2D eigenvalue weighted by Crippen LogP contribution is 2.25. The Morgan fingerprint density at radius 1 is 1.40 bits per heavy atom. The number of carbonyl (C=O) groups excluding carboxylic acids is 1. The Kier molecular flexibility index (Phi) is 5.66. The van der Waals surface area contributed by atoms with Crippen LogP contribution in [-0.4, -0.2) is 42.2 Å². The average Bonchev–Trinajstić information content (AvgIpc) is 2.81. The summed E-state index contributed by atoms with van der Waals surface area (Å²) in [5, 5.41) is 12.6. The molecule has 0 radical (unpaired) electrons. The van der Waals surface area contributed by atoms with Crippen molar-refractivity contribution in [1.29, 1.82) is 0 Å². The van der Waals surface area contributed by atoms with Crippen LogP contribution in [-0.2, 0) is 4.79 Å². The zero-order valence-electron chi connectivity index (χ0n) is 11.1. The van der Waals surface area contributed by atoms with Crippen molar-refractivity contribution in [3.63, 3.8) is 0 Å². The molecule has 1 fully saturated rings. The lowest BCUT2D eigenvalue weighted by molar-refractivity contribution is -0.117. The molecule has 1 amide bonds. The van der Waals surface area contributed by atoms with Gasteiger partial charge in [-0.3, -0.25) is 9.69 Å². The Labute approximate surface area is 128 Å². The molecule has 6 heteroatoms. The van der Waals surface area contributed by atoms with Gasteiger partial charge < -0.3 is 10.4 Å². The van der Waals surface area contributed by atoms with E-state index in [1.165, 1.54) is 0 Å². The summed E-state index contributed by atoms with van der Waals surface area (Å²) in [6.45, 7) is 2.35. The van der Waals surface area contributed by atoms with Gasteiger partial charge in [0, 0.05) is 18.8 Å². The van der Waals surface area contributed by atoms with Gasteiger partial charge in [-0.2, -0.15) is 0 Å². The van der Waals surface area contributed by atoms with Crippen molar-refractivity contribution in [3.8, 4) is 0 Å². The van der Waals surface area contributed by atoms with Crippen molar-refractivity contribution in [1.82, 2.24) is 4.90 Å². The number of hydrogen-bond acceptors (Lipinski definition) is 3. The van der Waals surface area contributed by atoms with Crippen LogP contribution in [0, 0.1) is 5.92 Å². The number of benzene rings is 1. The lowest BCUT2D eigenvalue weighted by atomic mass is 10.1. The third-order valence-corrected chi connectivity index (χ3v) is 4.22. The lowest BCUT2D eigenvalue weighted by Crippen LogP contribution is -2.31.